The Hall–Kier alpha value is -4.32. The van der Waals surface area contributed by atoms with Gasteiger partial charge in [-0.25, -0.2) is 0 Å². The van der Waals surface area contributed by atoms with Gasteiger partial charge in [0.05, 0.1) is 0 Å². The van der Waals surface area contributed by atoms with E-state index in [1.54, 1.807) is 24.5 Å². The summed E-state index contributed by atoms with van der Waals surface area (Å²) in [6, 6.07) is 23.0. The van der Waals surface area contributed by atoms with Gasteiger partial charge in [0, 0.05) is 47.6 Å². The number of benzene rings is 3. The van der Waals surface area contributed by atoms with Crippen molar-refractivity contribution in [3.8, 4) is 11.5 Å². The van der Waals surface area contributed by atoms with Crippen LogP contribution in [0.5, 0.6) is 11.5 Å². The van der Waals surface area contributed by atoms with Crippen LogP contribution in [0.4, 0.5) is 11.4 Å². The van der Waals surface area contributed by atoms with Crippen molar-refractivity contribution >= 4 is 33.2 Å². The molecule has 0 aliphatic heterocycles. The maximum atomic E-state index is 10.0. The van der Waals surface area contributed by atoms with Crippen LogP contribution in [0, 0.1) is 0 Å². The van der Waals surface area contributed by atoms with Crippen molar-refractivity contribution in [3.63, 3.8) is 0 Å². The number of phenols is 2. The van der Waals surface area contributed by atoms with Crippen LogP contribution in [0.3, 0.4) is 0 Å². The Kier molecular flexibility index (Phi) is 5.17. The van der Waals surface area contributed by atoms with Crippen LogP contribution in [0.1, 0.15) is 11.1 Å². The van der Waals surface area contributed by atoms with Crippen molar-refractivity contribution in [1.29, 1.82) is 0 Å². The van der Waals surface area contributed by atoms with Crippen molar-refractivity contribution in [1.82, 2.24) is 9.97 Å². The van der Waals surface area contributed by atoms with Crippen molar-refractivity contribution in [2.75, 3.05) is 10.6 Å². The minimum atomic E-state index is 0.177. The molecule has 2 aromatic heterocycles. The van der Waals surface area contributed by atoms with Gasteiger partial charge in [0.1, 0.15) is 22.5 Å². The first kappa shape index (κ1) is 19.6. The molecule has 158 valence electrons. The van der Waals surface area contributed by atoms with Gasteiger partial charge in [-0.2, -0.15) is 0 Å². The Labute approximate surface area is 185 Å². The average molecular weight is 422 g/mol. The Morgan fingerprint density at radius 1 is 0.594 bits per heavy atom. The van der Waals surface area contributed by atoms with Crippen LogP contribution in [-0.2, 0) is 13.1 Å². The van der Waals surface area contributed by atoms with Crippen LogP contribution in [0.25, 0.3) is 21.8 Å². The minimum Gasteiger partial charge on any atom is -0.506 e. The number of nitrogens with one attached hydrogen (secondary N) is 2. The summed E-state index contributed by atoms with van der Waals surface area (Å²) in [5.74, 6) is 0.354. The fraction of sp³-hybridized carbons (Fsp3) is 0.0769. The van der Waals surface area contributed by atoms with Crippen LogP contribution in [0.2, 0.25) is 0 Å². The molecule has 6 nitrogen and oxygen atoms in total. The third-order valence-electron chi connectivity index (χ3n) is 5.45. The summed E-state index contributed by atoms with van der Waals surface area (Å²) in [7, 11) is 0. The third-order valence-corrected chi connectivity index (χ3v) is 5.45. The van der Waals surface area contributed by atoms with E-state index in [1.165, 1.54) is 0 Å². The zero-order valence-electron chi connectivity index (χ0n) is 17.3. The Morgan fingerprint density at radius 3 is 1.59 bits per heavy atom. The van der Waals surface area contributed by atoms with E-state index in [4.69, 9.17) is 0 Å². The maximum Gasteiger partial charge on any atom is 0.141 e. The molecule has 0 aliphatic carbocycles. The topological polar surface area (TPSA) is 90.3 Å². The number of anilines is 2. The number of hydrogen-bond acceptors (Lipinski definition) is 6. The highest BCUT2D eigenvalue weighted by molar-refractivity contribution is 5.95. The molecular weight excluding hydrogens is 400 g/mol. The van der Waals surface area contributed by atoms with Crippen molar-refractivity contribution < 1.29 is 10.2 Å². The highest BCUT2D eigenvalue weighted by Crippen LogP contribution is 2.30. The number of aromatic hydroxyl groups is 2. The number of nitrogens with zero attached hydrogens (tertiary/aromatic N) is 2. The second-order valence-corrected chi connectivity index (χ2v) is 7.59. The molecule has 0 aliphatic rings. The quantitative estimate of drug-likeness (QED) is 0.273. The summed E-state index contributed by atoms with van der Waals surface area (Å²) in [6.45, 7) is 1.29. The number of phenolic OH excluding ortho intramolecular Hbond substituents is 2. The largest absolute Gasteiger partial charge is 0.506 e. The predicted molar refractivity (Wildman–Crippen MR) is 128 cm³/mol. The molecule has 2 heterocycles. The smallest absolute Gasteiger partial charge is 0.141 e. The molecule has 0 saturated heterocycles. The summed E-state index contributed by atoms with van der Waals surface area (Å²) in [6.07, 6.45) is 3.35. The van der Waals surface area contributed by atoms with Crippen molar-refractivity contribution in [3.05, 3.63) is 96.3 Å². The van der Waals surface area contributed by atoms with E-state index in [2.05, 4.69) is 38.8 Å². The summed E-state index contributed by atoms with van der Waals surface area (Å²) in [5.41, 5.74) is 5.32. The molecule has 6 heteroatoms. The van der Waals surface area contributed by atoms with Crippen molar-refractivity contribution in [2.24, 2.45) is 0 Å². The number of pyridine rings is 2. The molecule has 0 amide bonds. The van der Waals surface area contributed by atoms with E-state index in [-0.39, 0.29) is 11.5 Å². The monoisotopic (exact) mass is 422 g/mol. The van der Waals surface area contributed by atoms with E-state index < -0.39 is 0 Å². The lowest BCUT2D eigenvalue weighted by atomic mass is 10.1. The van der Waals surface area contributed by atoms with Crippen LogP contribution in [0.15, 0.2) is 85.2 Å². The Bertz CT molecular complexity index is 1310. The van der Waals surface area contributed by atoms with Gasteiger partial charge in [-0.3, -0.25) is 9.97 Å². The first-order valence-electron chi connectivity index (χ1n) is 10.4. The summed E-state index contributed by atoms with van der Waals surface area (Å²) >= 11 is 0. The van der Waals surface area contributed by atoms with E-state index in [9.17, 15) is 10.2 Å². The molecule has 0 fully saturated rings. The summed E-state index contributed by atoms with van der Waals surface area (Å²) < 4.78 is 0. The van der Waals surface area contributed by atoms with Gasteiger partial charge >= 0.3 is 0 Å². The lowest BCUT2D eigenvalue weighted by Crippen LogP contribution is -2.03. The van der Waals surface area contributed by atoms with Gasteiger partial charge in [0.2, 0.25) is 0 Å². The van der Waals surface area contributed by atoms with Crippen LogP contribution < -0.4 is 10.6 Å². The predicted octanol–water partition coefficient (Wildman–Crippen LogP) is 5.42. The zero-order chi connectivity index (χ0) is 21.9. The molecule has 0 bridgehead atoms. The Morgan fingerprint density at radius 2 is 1.09 bits per heavy atom. The van der Waals surface area contributed by atoms with Gasteiger partial charge in [-0.1, -0.05) is 24.3 Å². The fourth-order valence-electron chi connectivity index (χ4n) is 3.87. The van der Waals surface area contributed by atoms with Gasteiger partial charge in [-0.05, 0) is 59.7 Å². The number of fused-ring (bicyclic) bond motifs is 2. The molecule has 0 spiro atoms. The van der Waals surface area contributed by atoms with E-state index in [0.717, 1.165) is 33.3 Å². The van der Waals surface area contributed by atoms with Crippen LogP contribution >= 0.6 is 0 Å². The number of rotatable bonds is 6. The standard InChI is InChI=1S/C26H22N4O2/c31-23-10-8-21(19-6-2-12-27-25(19)23)29-15-17-4-1-5-18(14-17)16-30-22-9-11-24(32)26-20(22)7-3-13-28-26/h1-14,29-32H,15-16H2. The first-order valence-corrected chi connectivity index (χ1v) is 10.4. The van der Waals surface area contributed by atoms with Gasteiger partial charge in [-0.15, -0.1) is 0 Å². The van der Waals surface area contributed by atoms with Gasteiger partial charge < -0.3 is 20.8 Å². The number of hydrogen-bond donors (Lipinski definition) is 4. The molecule has 0 unspecified atom stereocenters. The molecule has 0 radical (unpaired) electrons. The van der Waals surface area contributed by atoms with Crippen LogP contribution in [-0.4, -0.2) is 20.2 Å². The normalized spacial score (nSPS) is 11.0. The molecule has 5 aromatic rings. The van der Waals surface area contributed by atoms with E-state index in [0.29, 0.717) is 24.1 Å². The molecular formula is C26H22N4O2. The average Bonchev–Trinajstić information content (AvgIpc) is 2.84. The highest BCUT2D eigenvalue weighted by Gasteiger charge is 2.08. The SMILES string of the molecule is Oc1ccc(NCc2cccc(CNc3ccc(O)c4ncccc34)c2)c2cccnc12. The zero-order valence-corrected chi connectivity index (χ0v) is 17.3. The molecule has 5 rings (SSSR count). The number of aromatic nitrogens is 2. The maximum absolute atomic E-state index is 10.0. The first-order chi connectivity index (χ1) is 15.7. The van der Waals surface area contributed by atoms with Crippen molar-refractivity contribution in [2.45, 2.75) is 13.1 Å². The second-order valence-electron chi connectivity index (χ2n) is 7.59. The molecule has 0 atom stereocenters. The summed E-state index contributed by atoms with van der Waals surface area (Å²) in [5, 5.41) is 28.8. The second kappa shape index (κ2) is 8.43. The molecule has 4 N–H and O–H groups in total. The van der Waals surface area contributed by atoms with E-state index in [1.807, 2.05) is 42.5 Å². The van der Waals surface area contributed by atoms with Gasteiger partial charge in [0.15, 0.2) is 0 Å². The molecule has 32 heavy (non-hydrogen) atoms. The Balaban J connectivity index is 1.31. The minimum absolute atomic E-state index is 0.177. The van der Waals surface area contributed by atoms with E-state index >= 15 is 0 Å². The highest BCUT2D eigenvalue weighted by atomic mass is 16.3. The lowest BCUT2D eigenvalue weighted by molar-refractivity contribution is 0.480. The molecule has 3 aromatic carbocycles. The lowest BCUT2D eigenvalue weighted by Gasteiger charge is -2.13. The fourth-order valence-corrected chi connectivity index (χ4v) is 3.87. The van der Waals surface area contributed by atoms with Gasteiger partial charge in [0.25, 0.3) is 0 Å². The summed E-state index contributed by atoms with van der Waals surface area (Å²) in [4.78, 5) is 8.54. The third kappa shape index (κ3) is 3.86. The molecule has 0 saturated carbocycles.